The fraction of sp³-hybridized carbons (Fsp3) is 0.467. The van der Waals surface area contributed by atoms with Crippen molar-refractivity contribution in [3.8, 4) is 6.07 Å². The number of amides is 1. The molecule has 0 spiro atoms. The second-order valence-electron chi connectivity index (χ2n) is 5.60. The van der Waals surface area contributed by atoms with Crippen molar-refractivity contribution in [2.24, 2.45) is 5.41 Å². The topological polar surface area (TPSA) is 73.1 Å². The Morgan fingerprint density at radius 3 is 2.68 bits per heavy atom. The second-order valence-corrected chi connectivity index (χ2v) is 5.60. The van der Waals surface area contributed by atoms with Gasteiger partial charge in [-0.1, -0.05) is 26.8 Å². The van der Waals surface area contributed by atoms with E-state index in [4.69, 9.17) is 10.4 Å². The van der Waals surface area contributed by atoms with Gasteiger partial charge in [0.2, 0.25) is 0 Å². The Kier molecular flexibility index (Phi) is 5.08. The fourth-order valence-electron chi connectivity index (χ4n) is 1.82. The van der Waals surface area contributed by atoms with Crippen LogP contribution in [0.4, 0.5) is 0 Å². The van der Waals surface area contributed by atoms with Crippen LogP contribution in [0.5, 0.6) is 0 Å². The van der Waals surface area contributed by atoms with Gasteiger partial charge in [-0.25, -0.2) is 0 Å². The van der Waals surface area contributed by atoms with Crippen LogP contribution in [0, 0.1) is 16.7 Å². The molecule has 0 radical (unpaired) electrons. The number of benzene rings is 1. The number of nitrogens with zero attached hydrogens (tertiary/aromatic N) is 1. The number of aliphatic hydroxyl groups excluding tert-OH is 1. The lowest BCUT2D eigenvalue weighted by Gasteiger charge is -2.31. The molecule has 0 aliphatic rings. The average molecular weight is 260 g/mol. The molecule has 0 saturated carbocycles. The molecule has 0 bridgehead atoms. The lowest BCUT2D eigenvalue weighted by molar-refractivity contribution is 0.0885. The van der Waals surface area contributed by atoms with Crippen LogP contribution in [-0.2, 0) is 0 Å². The largest absolute Gasteiger partial charge is 0.396 e. The van der Waals surface area contributed by atoms with Crippen LogP contribution in [0.1, 0.15) is 43.1 Å². The van der Waals surface area contributed by atoms with Gasteiger partial charge >= 0.3 is 0 Å². The van der Waals surface area contributed by atoms with Crippen molar-refractivity contribution in [1.82, 2.24) is 5.32 Å². The highest BCUT2D eigenvalue weighted by Gasteiger charge is 2.26. The molecular formula is C15H20N2O2. The summed E-state index contributed by atoms with van der Waals surface area (Å²) < 4.78 is 0. The summed E-state index contributed by atoms with van der Waals surface area (Å²) in [6.45, 7) is 6.07. The van der Waals surface area contributed by atoms with Crippen molar-refractivity contribution in [3.05, 3.63) is 35.4 Å². The normalized spacial score (nSPS) is 12.6. The molecule has 4 heteroatoms. The Morgan fingerprint density at radius 2 is 2.16 bits per heavy atom. The highest BCUT2D eigenvalue weighted by Crippen LogP contribution is 2.22. The third kappa shape index (κ3) is 4.38. The first-order valence-corrected chi connectivity index (χ1v) is 6.30. The van der Waals surface area contributed by atoms with E-state index in [0.717, 1.165) is 0 Å². The average Bonchev–Trinajstić information content (AvgIpc) is 2.37. The molecule has 1 aromatic carbocycles. The Balaban J connectivity index is 2.85. The lowest BCUT2D eigenvalue weighted by Crippen LogP contribution is -2.44. The first kappa shape index (κ1) is 15.2. The Bertz CT molecular complexity index is 484. The maximum atomic E-state index is 12.1. The van der Waals surface area contributed by atoms with Crippen LogP contribution in [0.3, 0.4) is 0 Å². The zero-order valence-electron chi connectivity index (χ0n) is 11.6. The van der Waals surface area contributed by atoms with Crippen LogP contribution < -0.4 is 5.32 Å². The van der Waals surface area contributed by atoms with Gasteiger partial charge in [0.05, 0.1) is 11.6 Å². The molecule has 1 atom stereocenters. The minimum absolute atomic E-state index is 0.0282. The number of carbonyl (C=O) groups is 1. The number of nitriles is 1. The fourth-order valence-corrected chi connectivity index (χ4v) is 1.82. The third-order valence-corrected chi connectivity index (χ3v) is 3.02. The zero-order valence-corrected chi connectivity index (χ0v) is 11.6. The van der Waals surface area contributed by atoms with Gasteiger partial charge in [0.15, 0.2) is 0 Å². The van der Waals surface area contributed by atoms with E-state index in [-0.39, 0.29) is 24.0 Å². The third-order valence-electron chi connectivity index (χ3n) is 3.02. The molecular weight excluding hydrogens is 240 g/mol. The lowest BCUT2D eigenvalue weighted by atomic mass is 9.84. The monoisotopic (exact) mass is 260 g/mol. The summed E-state index contributed by atoms with van der Waals surface area (Å²) in [5.41, 5.74) is 0.791. The summed E-state index contributed by atoms with van der Waals surface area (Å²) in [6.07, 6.45) is 0.507. The summed E-state index contributed by atoms with van der Waals surface area (Å²) in [5, 5.41) is 20.8. The molecule has 0 heterocycles. The van der Waals surface area contributed by atoms with Gasteiger partial charge in [-0.2, -0.15) is 5.26 Å². The maximum absolute atomic E-state index is 12.1. The first-order valence-electron chi connectivity index (χ1n) is 6.30. The van der Waals surface area contributed by atoms with E-state index < -0.39 is 0 Å². The van der Waals surface area contributed by atoms with E-state index in [1.54, 1.807) is 24.3 Å². The molecule has 0 saturated heterocycles. The molecule has 0 aliphatic carbocycles. The van der Waals surface area contributed by atoms with Gasteiger partial charge < -0.3 is 10.4 Å². The molecule has 1 amide bonds. The number of rotatable bonds is 4. The van der Waals surface area contributed by atoms with Crippen LogP contribution in [0.2, 0.25) is 0 Å². The molecule has 1 unspecified atom stereocenters. The van der Waals surface area contributed by atoms with Gasteiger partial charge in [-0.3, -0.25) is 4.79 Å². The number of carbonyl (C=O) groups excluding carboxylic acids is 1. The number of nitrogens with one attached hydrogen (secondary N) is 1. The molecule has 1 rings (SSSR count). The van der Waals surface area contributed by atoms with Gasteiger partial charge in [-0.15, -0.1) is 0 Å². The van der Waals surface area contributed by atoms with Crippen LogP contribution in [0.25, 0.3) is 0 Å². The van der Waals surface area contributed by atoms with Crippen molar-refractivity contribution in [1.29, 1.82) is 5.26 Å². The van der Waals surface area contributed by atoms with Gasteiger partial charge in [0, 0.05) is 18.2 Å². The van der Waals surface area contributed by atoms with E-state index in [0.29, 0.717) is 17.5 Å². The maximum Gasteiger partial charge on any atom is 0.251 e. The molecule has 0 aliphatic heterocycles. The smallest absolute Gasteiger partial charge is 0.251 e. The summed E-state index contributed by atoms with van der Waals surface area (Å²) in [4.78, 5) is 12.1. The number of aliphatic hydroxyl groups is 1. The van der Waals surface area contributed by atoms with Crippen LogP contribution in [0.15, 0.2) is 24.3 Å². The Morgan fingerprint density at radius 1 is 1.47 bits per heavy atom. The minimum atomic E-state index is -0.217. The number of hydrogen-bond acceptors (Lipinski definition) is 3. The molecule has 0 aromatic heterocycles. The summed E-state index contributed by atoms with van der Waals surface area (Å²) in [5.74, 6) is -0.217. The molecule has 4 nitrogen and oxygen atoms in total. The highest BCUT2D eigenvalue weighted by atomic mass is 16.3. The van der Waals surface area contributed by atoms with Gasteiger partial charge in [0.25, 0.3) is 5.91 Å². The molecule has 19 heavy (non-hydrogen) atoms. The summed E-state index contributed by atoms with van der Waals surface area (Å²) in [6, 6.07) is 8.48. The van der Waals surface area contributed by atoms with E-state index in [9.17, 15) is 4.79 Å². The summed E-state index contributed by atoms with van der Waals surface area (Å²) >= 11 is 0. The molecule has 2 N–H and O–H groups in total. The van der Waals surface area contributed by atoms with Crippen LogP contribution >= 0.6 is 0 Å². The van der Waals surface area contributed by atoms with Crippen molar-refractivity contribution >= 4 is 5.91 Å². The van der Waals surface area contributed by atoms with Gasteiger partial charge in [-0.05, 0) is 30.0 Å². The Hall–Kier alpha value is -1.86. The molecule has 0 fully saturated rings. The second kappa shape index (κ2) is 6.35. The standard InChI is InChI=1S/C15H20N2O2/c1-15(2,3)13(7-8-18)17-14(19)12-6-4-5-11(9-12)10-16/h4-6,9,13,18H,7-8H2,1-3H3,(H,17,19). The van der Waals surface area contributed by atoms with Crippen LogP contribution in [-0.4, -0.2) is 23.7 Å². The SMILES string of the molecule is CC(C)(C)C(CCO)NC(=O)c1cccc(C#N)c1. The van der Waals surface area contributed by atoms with Crippen molar-refractivity contribution in [2.45, 2.75) is 33.2 Å². The zero-order chi connectivity index (χ0) is 14.5. The predicted molar refractivity (Wildman–Crippen MR) is 73.6 cm³/mol. The van der Waals surface area contributed by atoms with Crippen molar-refractivity contribution in [3.63, 3.8) is 0 Å². The van der Waals surface area contributed by atoms with E-state index >= 15 is 0 Å². The highest BCUT2D eigenvalue weighted by molar-refractivity contribution is 5.94. The number of hydrogen-bond donors (Lipinski definition) is 2. The van der Waals surface area contributed by atoms with Crippen molar-refractivity contribution in [2.75, 3.05) is 6.61 Å². The quantitative estimate of drug-likeness (QED) is 0.870. The van der Waals surface area contributed by atoms with E-state index in [1.807, 2.05) is 26.8 Å². The Labute approximate surface area is 114 Å². The minimum Gasteiger partial charge on any atom is -0.396 e. The van der Waals surface area contributed by atoms with Crippen molar-refractivity contribution < 1.29 is 9.90 Å². The molecule has 1 aromatic rings. The van der Waals surface area contributed by atoms with Gasteiger partial charge in [0.1, 0.15) is 0 Å². The van der Waals surface area contributed by atoms with E-state index in [1.165, 1.54) is 0 Å². The van der Waals surface area contributed by atoms with E-state index in [2.05, 4.69) is 5.32 Å². The molecule has 102 valence electrons. The summed E-state index contributed by atoms with van der Waals surface area (Å²) in [7, 11) is 0. The predicted octanol–water partition coefficient (Wildman–Crippen LogP) is 2.09. The first-order chi connectivity index (χ1) is 8.88.